The van der Waals surface area contributed by atoms with Crippen LogP contribution in [0, 0.1) is 5.82 Å². The number of carbonyl (C=O) groups is 2. The van der Waals surface area contributed by atoms with Crippen molar-refractivity contribution in [2.45, 2.75) is 26.4 Å². The van der Waals surface area contributed by atoms with Crippen LogP contribution < -0.4 is 5.32 Å². The van der Waals surface area contributed by atoms with E-state index in [4.69, 9.17) is 4.74 Å². The Labute approximate surface area is 113 Å². The van der Waals surface area contributed by atoms with Crippen molar-refractivity contribution in [3.8, 4) is 0 Å². The Hall–Kier alpha value is -1.43. The Morgan fingerprint density at radius 2 is 1.94 bits per heavy atom. The highest BCUT2D eigenvalue weighted by atomic mass is 79.9. The lowest BCUT2D eigenvalue weighted by Gasteiger charge is -2.19. The van der Waals surface area contributed by atoms with Crippen LogP contribution in [-0.2, 0) is 4.74 Å². The van der Waals surface area contributed by atoms with E-state index < -0.39 is 23.4 Å². The van der Waals surface area contributed by atoms with Gasteiger partial charge in [-0.25, -0.2) is 9.18 Å². The van der Waals surface area contributed by atoms with Gasteiger partial charge in [0, 0.05) is 4.47 Å². The molecule has 0 aliphatic rings. The Morgan fingerprint density at radius 1 is 1.33 bits per heavy atom. The van der Waals surface area contributed by atoms with Crippen molar-refractivity contribution >= 4 is 27.9 Å². The van der Waals surface area contributed by atoms with Crippen molar-refractivity contribution in [1.82, 2.24) is 5.32 Å². The van der Waals surface area contributed by atoms with E-state index in [-0.39, 0.29) is 5.56 Å². The third-order valence-corrected chi connectivity index (χ3v) is 2.28. The number of imide groups is 1. The Morgan fingerprint density at radius 3 is 2.44 bits per heavy atom. The smallest absolute Gasteiger partial charge is 0.414 e. The summed E-state index contributed by atoms with van der Waals surface area (Å²) in [4.78, 5) is 22.9. The molecule has 6 heteroatoms. The average molecular weight is 318 g/mol. The highest BCUT2D eigenvalue weighted by molar-refractivity contribution is 9.10. The maximum absolute atomic E-state index is 13.4. The fourth-order valence-electron chi connectivity index (χ4n) is 1.14. The van der Waals surface area contributed by atoms with Gasteiger partial charge in [0.2, 0.25) is 0 Å². The van der Waals surface area contributed by atoms with Gasteiger partial charge in [0.15, 0.2) is 0 Å². The normalized spacial score (nSPS) is 10.9. The number of ether oxygens (including phenoxy) is 1. The largest absolute Gasteiger partial charge is 0.444 e. The molecule has 0 fully saturated rings. The SMILES string of the molecule is CC(C)(C)OC(=O)NC(=O)c1ccc(Br)cc1F. The van der Waals surface area contributed by atoms with Crippen LogP contribution in [0.2, 0.25) is 0 Å². The molecule has 0 bridgehead atoms. The third kappa shape index (κ3) is 4.44. The van der Waals surface area contributed by atoms with E-state index in [9.17, 15) is 14.0 Å². The van der Waals surface area contributed by atoms with Gasteiger partial charge < -0.3 is 4.74 Å². The number of nitrogens with one attached hydrogen (secondary N) is 1. The molecule has 0 aromatic heterocycles. The van der Waals surface area contributed by atoms with Gasteiger partial charge in [0.1, 0.15) is 11.4 Å². The van der Waals surface area contributed by atoms with Gasteiger partial charge in [-0.05, 0) is 39.0 Å². The molecule has 0 saturated heterocycles. The summed E-state index contributed by atoms with van der Waals surface area (Å²) < 4.78 is 18.8. The van der Waals surface area contributed by atoms with Gasteiger partial charge in [-0.3, -0.25) is 10.1 Å². The zero-order valence-electron chi connectivity index (χ0n) is 10.2. The summed E-state index contributed by atoms with van der Waals surface area (Å²) >= 11 is 3.07. The van der Waals surface area contributed by atoms with Crippen molar-refractivity contribution in [1.29, 1.82) is 0 Å². The molecule has 0 unspecified atom stereocenters. The van der Waals surface area contributed by atoms with Gasteiger partial charge in [-0.15, -0.1) is 0 Å². The van der Waals surface area contributed by atoms with E-state index in [0.29, 0.717) is 4.47 Å². The van der Waals surface area contributed by atoms with E-state index in [1.807, 2.05) is 5.32 Å². The zero-order valence-corrected chi connectivity index (χ0v) is 11.8. The molecular weight excluding hydrogens is 305 g/mol. The fraction of sp³-hybridized carbons (Fsp3) is 0.333. The lowest BCUT2D eigenvalue weighted by Crippen LogP contribution is -2.36. The molecule has 0 spiro atoms. The van der Waals surface area contributed by atoms with Gasteiger partial charge in [-0.2, -0.15) is 0 Å². The van der Waals surface area contributed by atoms with E-state index in [2.05, 4.69) is 15.9 Å². The van der Waals surface area contributed by atoms with Crippen molar-refractivity contribution in [3.63, 3.8) is 0 Å². The highest BCUT2D eigenvalue weighted by Gasteiger charge is 2.20. The predicted octanol–water partition coefficient (Wildman–Crippen LogP) is 3.25. The summed E-state index contributed by atoms with van der Waals surface area (Å²) in [6.45, 7) is 4.99. The Balaban J connectivity index is 2.74. The van der Waals surface area contributed by atoms with Gasteiger partial charge in [0.25, 0.3) is 5.91 Å². The number of alkyl carbamates (subject to hydrolysis) is 1. The van der Waals surface area contributed by atoms with Crippen LogP contribution in [0.3, 0.4) is 0 Å². The number of halogens is 2. The van der Waals surface area contributed by atoms with Crippen molar-refractivity contribution < 1.29 is 18.7 Å². The molecule has 0 atom stereocenters. The van der Waals surface area contributed by atoms with Gasteiger partial charge in [0.05, 0.1) is 5.56 Å². The lowest BCUT2D eigenvalue weighted by atomic mass is 10.2. The standard InChI is InChI=1S/C12H13BrFNO3/c1-12(2,3)18-11(17)15-10(16)8-5-4-7(13)6-9(8)14/h4-6H,1-3H3,(H,15,16,17). The summed E-state index contributed by atoms with van der Waals surface area (Å²) in [5.41, 5.74) is -0.938. The van der Waals surface area contributed by atoms with E-state index in [1.165, 1.54) is 12.1 Å². The maximum Gasteiger partial charge on any atom is 0.414 e. The minimum absolute atomic E-state index is 0.218. The summed E-state index contributed by atoms with van der Waals surface area (Å²) in [5, 5.41) is 1.96. The molecule has 0 saturated carbocycles. The number of hydrogen-bond donors (Lipinski definition) is 1. The average Bonchev–Trinajstić information content (AvgIpc) is 2.13. The van der Waals surface area contributed by atoms with Crippen LogP contribution in [0.1, 0.15) is 31.1 Å². The molecule has 2 amide bonds. The van der Waals surface area contributed by atoms with Crippen LogP contribution in [0.5, 0.6) is 0 Å². The molecule has 0 aliphatic carbocycles. The highest BCUT2D eigenvalue weighted by Crippen LogP contribution is 2.15. The molecule has 0 aliphatic heterocycles. The second-order valence-electron chi connectivity index (χ2n) is 4.58. The van der Waals surface area contributed by atoms with Crippen LogP contribution in [0.15, 0.2) is 22.7 Å². The molecule has 1 aromatic carbocycles. The van der Waals surface area contributed by atoms with E-state index in [0.717, 1.165) is 6.07 Å². The molecule has 1 aromatic rings. The first-order valence-electron chi connectivity index (χ1n) is 5.18. The summed E-state index contributed by atoms with van der Waals surface area (Å²) in [6.07, 6.45) is -0.908. The van der Waals surface area contributed by atoms with Crippen molar-refractivity contribution in [2.75, 3.05) is 0 Å². The van der Waals surface area contributed by atoms with Crippen LogP contribution in [-0.4, -0.2) is 17.6 Å². The molecule has 98 valence electrons. The topological polar surface area (TPSA) is 55.4 Å². The monoisotopic (exact) mass is 317 g/mol. The first-order chi connectivity index (χ1) is 8.19. The van der Waals surface area contributed by atoms with Gasteiger partial charge >= 0.3 is 6.09 Å². The molecule has 0 radical (unpaired) electrons. The minimum atomic E-state index is -0.908. The molecule has 0 heterocycles. The number of amides is 2. The van der Waals surface area contributed by atoms with Crippen molar-refractivity contribution in [2.24, 2.45) is 0 Å². The second-order valence-corrected chi connectivity index (χ2v) is 5.50. The molecule has 18 heavy (non-hydrogen) atoms. The van der Waals surface area contributed by atoms with Crippen molar-refractivity contribution in [3.05, 3.63) is 34.1 Å². The van der Waals surface area contributed by atoms with E-state index in [1.54, 1.807) is 20.8 Å². The Bertz CT molecular complexity index is 483. The number of carbonyl (C=O) groups excluding carboxylic acids is 2. The van der Waals surface area contributed by atoms with E-state index >= 15 is 0 Å². The third-order valence-electron chi connectivity index (χ3n) is 1.79. The van der Waals surface area contributed by atoms with Crippen LogP contribution in [0.4, 0.5) is 9.18 Å². The summed E-state index contributed by atoms with van der Waals surface area (Å²) in [5.74, 6) is -1.56. The summed E-state index contributed by atoms with van der Waals surface area (Å²) in [7, 11) is 0. The van der Waals surface area contributed by atoms with Crippen LogP contribution >= 0.6 is 15.9 Å². The van der Waals surface area contributed by atoms with Crippen LogP contribution in [0.25, 0.3) is 0 Å². The number of rotatable bonds is 1. The van der Waals surface area contributed by atoms with Gasteiger partial charge in [-0.1, -0.05) is 15.9 Å². The maximum atomic E-state index is 13.4. The molecule has 1 N–H and O–H groups in total. The molecule has 1 rings (SSSR count). The zero-order chi connectivity index (χ0) is 13.9. The minimum Gasteiger partial charge on any atom is -0.444 e. The quantitative estimate of drug-likeness (QED) is 0.865. The number of hydrogen-bond acceptors (Lipinski definition) is 3. The second kappa shape index (κ2) is 5.48. The number of benzene rings is 1. The molecule has 4 nitrogen and oxygen atoms in total. The Kier molecular flexibility index (Phi) is 4.45. The molecular formula is C12H13BrFNO3. The summed E-state index contributed by atoms with van der Waals surface area (Å²) in [6, 6.07) is 3.93. The first kappa shape index (κ1) is 14.6. The lowest BCUT2D eigenvalue weighted by molar-refractivity contribution is 0.0508. The fourth-order valence-corrected chi connectivity index (χ4v) is 1.47. The first-order valence-corrected chi connectivity index (χ1v) is 5.98. The predicted molar refractivity (Wildman–Crippen MR) is 67.8 cm³/mol.